The number of fused-ring (bicyclic) bond motifs is 2. The third-order valence-electron chi connectivity index (χ3n) is 6.10. The molecule has 4 heterocycles. The molecule has 0 unspecified atom stereocenters. The van der Waals surface area contributed by atoms with E-state index in [1.165, 1.54) is 6.07 Å². The van der Waals surface area contributed by atoms with E-state index in [1.54, 1.807) is 43.5 Å². The summed E-state index contributed by atoms with van der Waals surface area (Å²) in [7, 11) is 3.52. The van der Waals surface area contributed by atoms with Gasteiger partial charge >= 0.3 is 6.03 Å². The van der Waals surface area contributed by atoms with E-state index < -0.39 is 0 Å². The van der Waals surface area contributed by atoms with Gasteiger partial charge in [0.15, 0.2) is 5.65 Å². The Kier molecular flexibility index (Phi) is 4.15. The average Bonchev–Trinajstić information content (AvgIpc) is 3.40. The van der Waals surface area contributed by atoms with Gasteiger partial charge in [-0.3, -0.25) is 9.38 Å². The summed E-state index contributed by atoms with van der Waals surface area (Å²) in [5.74, 6) is 1.26. The lowest BCUT2D eigenvalue weighted by Crippen LogP contribution is -2.41. The summed E-state index contributed by atoms with van der Waals surface area (Å²) in [5, 5.41) is 0. The normalized spacial score (nSPS) is 23.6. The number of carbonyl (C=O) groups excluding carboxylic acids is 1. The Labute approximate surface area is 168 Å². The lowest BCUT2D eigenvalue weighted by Gasteiger charge is -2.32. The average molecular weight is 394 g/mol. The maximum Gasteiger partial charge on any atom is 0.320 e. The number of benzene rings is 1. The van der Waals surface area contributed by atoms with Crippen molar-refractivity contribution in [3.63, 3.8) is 0 Å². The van der Waals surface area contributed by atoms with E-state index in [0.717, 1.165) is 30.1 Å². The van der Waals surface area contributed by atoms with Crippen LogP contribution in [0.2, 0.25) is 0 Å². The van der Waals surface area contributed by atoms with E-state index in [1.807, 2.05) is 27.8 Å². The number of halogens is 1. The van der Waals surface area contributed by atoms with Crippen LogP contribution in [0.4, 0.5) is 15.0 Å². The first kappa shape index (κ1) is 17.9. The number of anilines is 1. The molecule has 0 radical (unpaired) electrons. The number of rotatable bonds is 2. The Hall–Kier alpha value is -3.16. The van der Waals surface area contributed by atoms with Gasteiger partial charge in [0.1, 0.15) is 11.6 Å². The van der Waals surface area contributed by atoms with E-state index in [0.29, 0.717) is 12.5 Å². The summed E-state index contributed by atoms with van der Waals surface area (Å²) in [6.45, 7) is 2.27. The van der Waals surface area contributed by atoms with Crippen molar-refractivity contribution in [2.75, 3.05) is 38.6 Å². The summed E-state index contributed by atoms with van der Waals surface area (Å²) in [6.07, 6.45) is 7.31. The van der Waals surface area contributed by atoms with Crippen LogP contribution in [0.5, 0.6) is 0 Å². The van der Waals surface area contributed by atoms with Crippen molar-refractivity contribution in [3.8, 4) is 0 Å². The fourth-order valence-electron chi connectivity index (χ4n) is 4.87. The minimum atomic E-state index is -0.273. The van der Waals surface area contributed by atoms with Crippen LogP contribution < -0.4 is 4.90 Å². The van der Waals surface area contributed by atoms with Gasteiger partial charge in [-0.05, 0) is 17.7 Å². The van der Waals surface area contributed by atoms with Crippen molar-refractivity contribution >= 4 is 17.5 Å². The Morgan fingerprint density at radius 3 is 2.86 bits per heavy atom. The van der Waals surface area contributed by atoms with Crippen molar-refractivity contribution in [2.45, 2.75) is 6.04 Å². The molecule has 3 atom stereocenters. The number of likely N-dealkylation sites (tertiary alicyclic amines) is 1. The molecule has 0 aliphatic carbocycles. The van der Waals surface area contributed by atoms with Crippen molar-refractivity contribution in [2.24, 2.45) is 11.8 Å². The maximum absolute atomic E-state index is 14.0. The first-order valence-corrected chi connectivity index (χ1v) is 9.78. The molecule has 0 saturated carbocycles. The quantitative estimate of drug-likeness (QED) is 0.671. The molecule has 1 aromatic carbocycles. The van der Waals surface area contributed by atoms with Crippen LogP contribution in [0.25, 0.3) is 5.65 Å². The molecule has 8 heteroatoms. The topological polar surface area (TPSA) is 57.0 Å². The number of hydrogen-bond acceptors (Lipinski definition) is 4. The predicted octanol–water partition coefficient (Wildman–Crippen LogP) is 2.66. The second kappa shape index (κ2) is 6.72. The zero-order valence-electron chi connectivity index (χ0n) is 16.4. The highest BCUT2D eigenvalue weighted by Gasteiger charge is 2.50. The zero-order chi connectivity index (χ0) is 20.1. The van der Waals surface area contributed by atoms with E-state index in [-0.39, 0.29) is 23.8 Å². The number of aromatic nitrogens is 3. The third-order valence-corrected chi connectivity index (χ3v) is 6.10. The van der Waals surface area contributed by atoms with Gasteiger partial charge in [0.2, 0.25) is 0 Å². The number of hydrogen-bond donors (Lipinski definition) is 0. The van der Waals surface area contributed by atoms with Gasteiger partial charge in [-0.25, -0.2) is 14.2 Å². The highest BCUT2D eigenvalue weighted by atomic mass is 19.1. The van der Waals surface area contributed by atoms with E-state index in [9.17, 15) is 9.18 Å². The maximum atomic E-state index is 14.0. The Morgan fingerprint density at radius 2 is 2.07 bits per heavy atom. The molecule has 29 heavy (non-hydrogen) atoms. The predicted molar refractivity (Wildman–Crippen MR) is 107 cm³/mol. The summed E-state index contributed by atoms with van der Waals surface area (Å²) < 4.78 is 16.0. The van der Waals surface area contributed by atoms with Crippen LogP contribution >= 0.6 is 0 Å². The minimum absolute atomic E-state index is 0.0291. The lowest BCUT2D eigenvalue weighted by molar-refractivity contribution is 0.159. The highest BCUT2D eigenvalue weighted by molar-refractivity contribution is 5.75. The first-order chi connectivity index (χ1) is 14.0. The summed E-state index contributed by atoms with van der Waals surface area (Å²) in [4.78, 5) is 27.3. The molecule has 7 nitrogen and oxygen atoms in total. The minimum Gasteiger partial charge on any atom is -0.356 e. The van der Waals surface area contributed by atoms with Gasteiger partial charge in [-0.1, -0.05) is 12.1 Å². The molecular formula is C21H23FN6O. The number of urea groups is 1. The van der Waals surface area contributed by atoms with Gasteiger partial charge in [0.25, 0.3) is 0 Å². The van der Waals surface area contributed by atoms with Crippen molar-refractivity contribution in [1.82, 2.24) is 24.2 Å². The van der Waals surface area contributed by atoms with Crippen molar-refractivity contribution in [3.05, 3.63) is 60.4 Å². The van der Waals surface area contributed by atoms with Gasteiger partial charge in [0.05, 0.1) is 18.4 Å². The first-order valence-electron chi connectivity index (χ1n) is 9.78. The van der Waals surface area contributed by atoms with Crippen LogP contribution in [0.3, 0.4) is 0 Å². The second-order valence-corrected chi connectivity index (χ2v) is 8.08. The molecule has 150 valence electrons. The Morgan fingerprint density at radius 1 is 1.21 bits per heavy atom. The fourth-order valence-corrected chi connectivity index (χ4v) is 4.87. The summed E-state index contributed by atoms with van der Waals surface area (Å²) in [6, 6.07) is 6.47. The van der Waals surface area contributed by atoms with Crippen LogP contribution in [-0.2, 0) is 0 Å². The van der Waals surface area contributed by atoms with E-state index >= 15 is 0 Å². The number of nitrogens with zero attached hydrogens (tertiary/aromatic N) is 6. The standard InChI is InChI=1S/C21H23FN6O/c1-25(2)21(29)28-12-15-11-26(19-10-23-9-18-24-6-7-27(18)19)13-17(15)20(28)14-4-3-5-16(22)8-14/h3-10,15,17,20H,11-13H2,1-2H3/t15-,17-,20+/m1/s1. The van der Waals surface area contributed by atoms with E-state index in [2.05, 4.69) is 14.9 Å². The zero-order valence-corrected chi connectivity index (χ0v) is 16.4. The molecule has 0 bridgehead atoms. The molecule has 2 aliphatic rings. The molecule has 0 spiro atoms. The van der Waals surface area contributed by atoms with Crippen molar-refractivity contribution in [1.29, 1.82) is 0 Å². The van der Waals surface area contributed by atoms with Gasteiger partial charge in [0, 0.05) is 58.0 Å². The smallest absolute Gasteiger partial charge is 0.320 e. The second-order valence-electron chi connectivity index (χ2n) is 8.08. The molecule has 2 amide bonds. The SMILES string of the molecule is CN(C)C(=O)N1C[C@H]2CN(c3cncc4nccn34)C[C@H]2[C@@H]1c1cccc(F)c1. The molecule has 0 N–H and O–H groups in total. The van der Waals surface area contributed by atoms with Crippen LogP contribution in [0.15, 0.2) is 49.1 Å². The summed E-state index contributed by atoms with van der Waals surface area (Å²) in [5.41, 5.74) is 1.67. The monoisotopic (exact) mass is 394 g/mol. The number of imidazole rings is 1. The number of amides is 2. The highest BCUT2D eigenvalue weighted by Crippen LogP contribution is 2.46. The van der Waals surface area contributed by atoms with Gasteiger partial charge in [-0.15, -0.1) is 0 Å². The largest absolute Gasteiger partial charge is 0.356 e. The van der Waals surface area contributed by atoms with Crippen molar-refractivity contribution < 1.29 is 9.18 Å². The Bertz CT molecular complexity index is 1070. The van der Waals surface area contributed by atoms with Gasteiger partial charge < -0.3 is 14.7 Å². The van der Waals surface area contributed by atoms with Crippen LogP contribution in [0.1, 0.15) is 11.6 Å². The Balaban J connectivity index is 1.50. The van der Waals surface area contributed by atoms with E-state index in [4.69, 9.17) is 0 Å². The van der Waals surface area contributed by atoms with Crippen LogP contribution in [0, 0.1) is 17.7 Å². The lowest BCUT2D eigenvalue weighted by atomic mass is 9.89. The molecule has 3 aromatic rings. The molecular weight excluding hydrogens is 371 g/mol. The fraction of sp³-hybridized carbons (Fsp3) is 0.381. The number of carbonyl (C=O) groups is 1. The third kappa shape index (κ3) is 2.90. The molecule has 2 aromatic heterocycles. The summed E-state index contributed by atoms with van der Waals surface area (Å²) >= 11 is 0. The van der Waals surface area contributed by atoms with Crippen LogP contribution in [-0.4, -0.2) is 63.9 Å². The molecule has 5 rings (SSSR count). The molecule has 2 fully saturated rings. The molecule has 2 saturated heterocycles. The van der Waals surface area contributed by atoms with Gasteiger partial charge in [-0.2, -0.15) is 0 Å². The molecule has 2 aliphatic heterocycles.